The average molecular weight is 351 g/mol. The number of para-hydroxylation sites is 1. The molecule has 1 aliphatic rings. The number of carbonyl (C=O) groups excluding carboxylic acids is 2. The molecule has 1 aromatic carbocycles. The summed E-state index contributed by atoms with van der Waals surface area (Å²) in [6.45, 7) is 2.30. The van der Waals surface area contributed by atoms with Gasteiger partial charge < -0.3 is 9.47 Å². The number of hydrogen-bond acceptors (Lipinski definition) is 6. The lowest BCUT2D eigenvalue weighted by molar-refractivity contribution is -0.143. The molecule has 0 aliphatic carbocycles. The van der Waals surface area contributed by atoms with Crippen molar-refractivity contribution in [2.45, 2.75) is 13.3 Å². The van der Waals surface area contributed by atoms with Crippen LogP contribution in [0.15, 0.2) is 29.2 Å². The molecule has 0 unspecified atom stereocenters. The van der Waals surface area contributed by atoms with E-state index in [1.807, 2.05) is 24.3 Å². The first-order valence-electron chi connectivity index (χ1n) is 7.10. The normalized spacial score (nSPS) is 16.1. The Morgan fingerprint density at radius 2 is 2.13 bits per heavy atom. The van der Waals surface area contributed by atoms with Crippen molar-refractivity contribution < 1.29 is 19.1 Å². The van der Waals surface area contributed by atoms with Gasteiger partial charge in [-0.25, -0.2) is 0 Å². The number of thiocarbonyl (C=S) groups is 1. The Labute approximate surface area is 144 Å². The Morgan fingerprint density at radius 1 is 1.39 bits per heavy atom. The number of amides is 1. The minimum atomic E-state index is -0.338. The third-order valence-corrected chi connectivity index (χ3v) is 4.52. The zero-order valence-electron chi connectivity index (χ0n) is 12.9. The van der Waals surface area contributed by atoms with Crippen LogP contribution in [0, 0.1) is 0 Å². The minimum absolute atomic E-state index is 0.127. The van der Waals surface area contributed by atoms with E-state index < -0.39 is 0 Å². The Balaban J connectivity index is 2.11. The highest BCUT2D eigenvalue weighted by molar-refractivity contribution is 8.26. The van der Waals surface area contributed by atoms with Crippen LogP contribution in [0.1, 0.15) is 18.9 Å². The highest BCUT2D eigenvalue weighted by Gasteiger charge is 2.32. The second-order valence-corrected chi connectivity index (χ2v) is 6.31. The molecule has 23 heavy (non-hydrogen) atoms. The molecule has 1 heterocycles. The van der Waals surface area contributed by atoms with Crippen LogP contribution in [0.3, 0.4) is 0 Å². The zero-order valence-corrected chi connectivity index (χ0v) is 14.5. The van der Waals surface area contributed by atoms with Gasteiger partial charge in [-0.15, -0.1) is 0 Å². The third kappa shape index (κ3) is 4.33. The summed E-state index contributed by atoms with van der Waals surface area (Å²) in [4.78, 5) is 25.8. The van der Waals surface area contributed by atoms with E-state index in [1.165, 1.54) is 16.7 Å². The SMILES string of the molecule is CCOC(=O)CCN1C(=O)C(=Cc2ccccc2OC)SC1=S. The number of methoxy groups -OCH3 is 1. The average Bonchev–Trinajstić information content (AvgIpc) is 2.80. The van der Waals surface area contributed by atoms with Crippen molar-refractivity contribution in [2.24, 2.45) is 0 Å². The van der Waals surface area contributed by atoms with E-state index in [4.69, 9.17) is 21.7 Å². The fourth-order valence-electron chi connectivity index (χ4n) is 2.06. The number of ether oxygens (including phenoxy) is 2. The first kappa shape index (κ1) is 17.5. The molecule has 1 aromatic rings. The summed E-state index contributed by atoms with van der Waals surface area (Å²) < 4.78 is 10.6. The van der Waals surface area contributed by atoms with Gasteiger partial charge in [0, 0.05) is 12.1 Å². The van der Waals surface area contributed by atoms with Crippen molar-refractivity contribution in [1.29, 1.82) is 0 Å². The maximum absolute atomic E-state index is 12.4. The van der Waals surface area contributed by atoms with Crippen LogP contribution in [-0.2, 0) is 14.3 Å². The van der Waals surface area contributed by atoms with Crippen molar-refractivity contribution in [3.63, 3.8) is 0 Å². The van der Waals surface area contributed by atoms with Gasteiger partial charge in [-0.2, -0.15) is 0 Å². The molecule has 0 radical (unpaired) electrons. The molecule has 0 aromatic heterocycles. The van der Waals surface area contributed by atoms with E-state index in [9.17, 15) is 9.59 Å². The summed E-state index contributed by atoms with van der Waals surface area (Å²) in [5.74, 6) is 0.148. The van der Waals surface area contributed by atoms with Gasteiger partial charge in [-0.3, -0.25) is 14.5 Å². The van der Waals surface area contributed by atoms with E-state index in [1.54, 1.807) is 20.1 Å². The maximum atomic E-state index is 12.4. The Morgan fingerprint density at radius 3 is 2.83 bits per heavy atom. The number of hydrogen-bond donors (Lipinski definition) is 0. The Hall–Kier alpha value is -1.86. The van der Waals surface area contributed by atoms with E-state index in [0.29, 0.717) is 21.6 Å². The van der Waals surface area contributed by atoms with E-state index >= 15 is 0 Å². The summed E-state index contributed by atoms with van der Waals surface area (Å²) >= 11 is 6.45. The van der Waals surface area contributed by atoms with Crippen molar-refractivity contribution in [2.75, 3.05) is 20.3 Å². The molecule has 1 fully saturated rings. The molecule has 122 valence electrons. The van der Waals surface area contributed by atoms with Crippen molar-refractivity contribution >= 4 is 46.3 Å². The van der Waals surface area contributed by atoms with Gasteiger partial charge in [-0.1, -0.05) is 42.2 Å². The smallest absolute Gasteiger partial charge is 0.307 e. The Bertz CT molecular complexity index is 657. The zero-order chi connectivity index (χ0) is 16.8. The molecule has 1 amide bonds. The fourth-order valence-corrected chi connectivity index (χ4v) is 3.36. The highest BCUT2D eigenvalue weighted by atomic mass is 32.2. The lowest BCUT2D eigenvalue weighted by Crippen LogP contribution is -2.30. The standard InChI is InChI=1S/C16H17NO4S2/c1-3-21-14(18)8-9-17-15(19)13(23-16(17)22)10-11-6-4-5-7-12(11)20-2/h4-7,10H,3,8-9H2,1-2H3. The molecule has 0 atom stereocenters. The lowest BCUT2D eigenvalue weighted by Gasteiger charge is -2.13. The number of esters is 1. The minimum Gasteiger partial charge on any atom is -0.496 e. The molecule has 1 aliphatic heterocycles. The molecule has 0 spiro atoms. The predicted molar refractivity (Wildman–Crippen MR) is 94.1 cm³/mol. The van der Waals surface area contributed by atoms with Crippen molar-refractivity contribution in [3.8, 4) is 5.75 Å². The van der Waals surface area contributed by atoms with Crippen LogP contribution in [0.5, 0.6) is 5.75 Å². The molecular weight excluding hydrogens is 334 g/mol. The predicted octanol–water partition coefficient (Wildman–Crippen LogP) is 2.85. The van der Waals surface area contributed by atoms with Crippen LogP contribution < -0.4 is 4.74 Å². The second-order valence-electron chi connectivity index (χ2n) is 4.63. The van der Waals surface area contributed by atoms with Gasteiger partial charge in [0.25, 0.3) is 5.91 Å². The summed E-state index contributed by atoms with van der Waals surface area (Å²) in [7, 11) is 1.58. The first-order valence-corrected chi connectivity index (χ1v) is 8.33. The second kappa shape index (κ2) is 8.12. The van der Waals surface area contributed by atoms with Crippen LogP contribution in [0.25, 0.3) is 6.08 Å². The molecule has 5 nitrogen and oxygen atoms in total. The molecule has 0 saturated carbocycles. The van der Waals surface area contributed by atoms with Gasteiger partial charge in [0.15, 0.2) is 0 Å². The first-order chi connectivity index (χ1) is 11.1. The topological polar surface area (TPSA) is 55.8 Å². The molecule has 7 heteroatoms. The van der Waals surface area contributed by atoms with E-state index in [2.05, 4.69) is 0 Å². The van der Waals surface area contributed by atoms with Gasteiger partial charge >= 0.3 is 5.97 Å². The van der Waals surface area contributed by atoms with Gasteiger partial charge in [0.2, 0.25) is 0 Å². The summed E-state index contributed by atoms with van der Waals surface area (Å²) in [5.41, 5.74) is 0.806. The van der Waals surface area contributed by atoms with E-state index in [-0.39, 0.29) is 24.8 Å². The van der Waals surface area contributed by atoms with Crippen LogP contribution in [0.4, 0.5) is 0 Å². The lowest BCUT2D eigenvalue weighted by atomic mass is 10.2. The quantitative estimate of drug-likeness (QED) is 0.446. The van der Waals surface area contributed by atoms with Gasteiger partial charge in [0.05, 0.1) is 25.0 Å². The van der Waals surface area contributed by atoms with Crippen LogP contribution in [0.2, 0.25) is 0 Å². The number of nitrogens with zero attached hydrogens (tertiary/aromatic N) is 1. The summed E-state index contributed by atoms with van der Waals surface area (Å²) in [6, 6.07) is 7.42. The Kier molecular flexibility index (Phi) is 6.18. The van der Waals surface area contributed by atoms with Crippen molar-refractivity contribution in [1.82, 2.24) is 4.90 Å². The van der Waals surface area contributed by atoms with Gasteiger partial charge in [-0.05, 0) is 19.1 Å². The summed E-state index contributed by atoms with van der Waals surface area (Å²) in [5, 5.41) is 0. The fraction of sp³-hybridized carbons (Fsp3) is 0.312. The maximum Gasteiger partial charge on any atom is 0.307 e. The number of thioether (sulfide) groups is 1. The number of carbonyl (C=O) groups is 2. The molecule has 1 saturated heterocycles. The largest absolute Gasteiger partial charge is 0.496 e. The monoisotopic (exact) mass is 351 g/mol. The molecule has 2 rings (SSSR count). The van der Waals surface area contributed by atoms with Crippen LogP contribution >= 0.6 is 24.0 Å². The number of rotatable bonds is 6. The molecular formula is C16H17NO4S2. The van der Waals surface area contributed by atoms with Gasteiger partial charge in [0.1, 0.15) is 10.1 Å². The molecule has 0 bridgehead atoms. The van der Waals surface area contributed by atoms with Crippen LogP contribution in [-0.4, -0.2) is 41.4 Å². The number of benzene rings is 1. The van der Waals surface area contributed by atoms with E-state index in [0.717, 1.165) is 5.56 Å². The third-order valence-electron chi connectivity index (χ3n) is 3.14. The highest BCUT2D eigenvalue weighted by Crippen LogP contribution is 2.34. The van der Waals surface area contributed by atoms with Crippen molar-refractivity contribution in [3.05, 3.63) is 34.7 Å². The molecule has 0 N–H and O–H groups in total. The summed E-state index contributed by atoms with van der Waals surface area (Å²) in [6.07, 6.45) is 1.88.